The number of aryl methyl sites for hydroxylation is 2. The standard InChI is InChI=1S/C15H14ClN3O/c1-10-14(16)13(18(2)17-10)8-19-7-6-11-4-3-5-12(9-20)15(11)19/h3-7,9H,8H2,1-2H3. The maximum absolute atomic E-state index is 11.2. The molecule has 0 fully saturated rings. The van der Waals surface area contributed by atoms with E-state index in [1.807, 2.05) is 49.0 Å². The van der Waals surface area contributed by atoms with E-state index in [1.54, 1.807) is 4.68 Å². The summed E-state index contributed by atoms with van der Waals surface area (Å²) in [5, 5.41) is 6.04. The number of carbonyl (C=O) groups is 1. The highest BCUT2D eigenvalue weighted by molar-refractivity contribution is 6.31. The monoisotopic (exact) mass is 287 g/mol. The second kappa shape index (κ2) is 4.80. The Kier molecular flexibility index (Phi) is 3.10. The molecule has 0 aliphatic rings. The Hall–Kier alpha value is -2.07. The SMILES string of the molecule is Cc1nn(C)c(Cn2ccc3cccc(C=O)c32)c1Cl. The molecule has 0 bridgehead atoms. The molecule has 0 atom stereocenters. The molecule has 0 radical (unpaired) electrons. The lowest BCUT2D eigenvalue weighted by molar-refractivity contribution is 0.112. The van der Waals surface area contributed by atoms with Gasteiger partial charge in [-0.3, -0.25) is 9.48 Å². The molecule has 20 heavy (non-hydrogen) atoms. The van der Waals surface area contributed by atoms with Crippen molar-refractivity contribution in [3.8, 4) is 0 Å². The van der Waals surface area contributed by atoms with Crippen LogP contribution in [0.1, 0.15) is 21.7 Å². The molecule has 0 saturated carbocycles. The minimum atomic E-state index is 0.588. The van der Waals surface area contributed by atoms with Crippen molar-refractivity contribution in [2.24, 2.45) is 7.05 Å². The number of benzene rings is 1. The molecule has 1 aromatic carbocycles. The number of aromatic nitrogens is 3. The van der Waals surface area contributed by atoms with E-state index in [9.17, 15) is 4.79 Å². The lowest BCUT2D eigenvalue weighted by atomic mass is 10.1. The van der Waals surface area contributed by atoms with Crippen LogP contribution in [0.2, 0.25) is 5.02 Å². The van der Waals surface area contributed by atoms with Crippen LogP contribution in [-0.4, -0.2) is 20.6 Å². The van der Waals surface area contributed by atoms with E-state index in [4.69, 9.17) is 11.6 Å². The molecule has 4 nitrogen and oxygen atoms in total. The summed E-state index contributed by atoms with van der Waals surface area (Å²) < 4.78 is 3.81. The van der Waals surface area contributed by atoms with Crippen LogP contribution in [0.5, 0.6) is 0 Å². The van der Waals surface area contributed by atoms with Gasteiger partial charge in [-0.15, -0.1) is 0 Å². The second-order valence-corrected chi connectivity index (χ2v) is 5.19. The van der Waals surface area contributed by atoms with Crippen LogP contribution in [-0.2, 0) is 13.6 Å². The summed E-state index contributed by atoms with van der Waals surface area (Å²) in [5.74, 6) is 0. The minimum absolute atomic E-state index is 0.588. The van der Waals surface area contributed by atoms with Gasteiger partial charge in [-0.05, 0) is 19.1 Å². The Morgan fingerprint density at radius 3 is 2.80 bits per heavy atom. The predicted octanol–water partition coefficient (Wildman–Crippen LogP) is 3.20. The molecular weight excluding hydrogens is 274 g/mol. The smallest absolute Gasteiger partial charge is 0.152 e. The highest BCUT2D eigenvalue weighted by atomic mass is 35.5. The molecule has 0 amide bonds. The van der Waals surface area contributed by atoms with Crippen molar-refractivity contribution in [1.82, 2.24) is 14.3 Å². The van der Waals surface area contributed by atoms with E-state index in [1.165, 1.54) is 0 Å². The largest absolute Gasteiger partial charge is 0.341 e. The van der Waals surface area contributed by atoms with Gasteiger partial charge in [0.1, 0.15) is 0 Å². The molecule has 0 saturated heterocycles. The van der Waals surface area contributed by atoms with Gasteiger partial charge in [0, 0.05) is 24.2 Å². The number of halogens is 1. The lowest BCUT2D eigenvalue weighted by Gasteiger charge is -2.08. The minimum Gasteiger partial charge on any atom is -0.341 e. The van der Waals surface area contributed by atoms with Gasteiger partial charge in [-0.25, -0.2) is 0 Å². The number of hydrogen-bond acceptors (Lipinski definition) is 2. The maximum atomic E-state index is 11.2. The molecule has 0 N–H and O–H groups in total. The zero-order valence-corrected chi connectivity index (χ0v) is 12.1. The van der Waals surface area contributed by atoms with E-state index in [2.05, 4.69) is 5.10 Å². The second-order valence-electron chi connectivity index (χ2n) is 4.82. The number of aldehydes is 1. The molecule has 0 spiro atoms. The summed E-state index contributed by atoms with van der Waals surface area (Å²) in [4.78, 5) is 11.2. The Labute approximate surface area is 121 Å². The first-order chi connectivity index (χ1) is 9.61. The van der Waals surface area contributed by atoms with Crippen LogP contribution in [0.25, 0.3) is 10.9 Å². The third-order valence-corrected chi connectivity index (χ3v) is 4.02. The van der Waals surface area contributed by atoms with Gasteiger partial charge < -0.3 is 4.57 Å². The average molecular weight is 288 g/mol. The Morgan fingerprint density at radius 2 is 2.15 bits per heavy atom. The number of nitrogens with zero attached hydrogens (tertiary/aromatic N) is 3. The van der Waals surface area contributed by atoms with Crippen molar-refractivity contribution < 1.29 is 4.79 Å². The van der Waals surface area contributed by atoms with E-state index in [0.717, 1.165) is 28.6 Å². The molecule has 2 heterocycles. The summed E-state index contributed by atoms with van der Waals surface area (Å²) in [6, 6.07) is 7.70. The van der Waals surface area contributed by atoms with Gasteiger partial charge in [0.25, 0.3) is 0 Å². The fourth-order valence-electron chi connectivity index (χ4n) is 2.53. The number of rotatable bonds is 3. The van der Waals surface area contributed by atoms with Gasteiger partial charge in [-0.2, -0.15) is 5.10 Å². The Morgan fingerprint density at radius 1 is 1.35 bits per heavy atom. The van der Waals surface area contributed by atoms with Gasteiger partial charge in [0.2, 0.25) is 0 Å². The molecular formula is C15H14ClN3O. The number of fused-ring (bicyclic) bond motifs is 1. The predicted molar refractivity (Wildman–Crippen MR) is 79.4 cm³/mol. The third-order valence-electron chi connectivity index (χ3n) is 3.53. The molecule has 5 heteroatoms. The van der Waals surface area contributed by atoms with Crippen LogP contribution in [0.15, 0.2) is 30.5 Å². The van der Waals surface area contributed by atoms with Crippen molar-refractivity contribution in [2.75, 3.05) is 0 Å². The van der Waals surface area contributed by atoms with Crippen molar-refractivity contribution in [3.63, 3.8) is 0 Å². The van der Waals surface area contributed by atoms with Crippen molar-refractivity contribution in [3.05, 3.63) is 52.4 Å². The number of carbonyl (C=O) groups excluding carboxylic acids is 1. The normalized spacial score (nSPS) is 11.2. The van der Waals surface area contributed by atoms with Gasteiger partial charge in [0.05, 0.1) is 28.5 Å². The molecule has 3 aromatic rings. The zero-order chi connectivity index (χ0) is 14.3. The molecule has 3 rings (SSSR count). The molecule has 2 aromatic heterocycles. The Balaban J connectivity index is 2.14. The van der Waals surface area contributed by atoms with Crippen LogP contribution in [0, 0.1) is 6.92 Å². The number of para-hydroxylation sites is 1. The molecule has 102 valence electrons. The Bertz CT molecular complexity index is 801. The van der Waals surface area contributed by atoms with Gasteiger partial charge in [-0.1, -0.05) is 23.7 Å². The zero-order valence-electron chi connectivity index (χ0n) is 11.3. The van der Waals surface area contributed by atoms with Gasteiger partial charge in [0.15, 0.2) is 6.29 Å². The summed E-state index contributed by atoms with van der Waals surface area (Å²) >= 11 is 6.29. The molecule has 0 unspecified atom stereocenters. The maximum Gasteiger partial charge on any atom is 0.152 e. The van der Waals surface area contributed by atoms with Crippen LogP contribution in [0.3, 0.4) is 0 Å². The number of hydrogen-bond donors (Lipinski definition) is 0. The molecule has 0 aliphatic heterocycles. The summed E-state index contributed by atoms with van der Waals surface area (Å²) in [7, 11) is 1.88. The highest BCUT2D eigenvalue weighted by Crippen LogP contribution is 2.24. The molecule has 0 aliphatic carbocycles. The van der Waals surface area contributed by atoms with Gasteiger partial charge >= 0.3 is 0 Å². The summed E-state index contributed by atoms with van der Waals surface area (Å²) in [5.41, 5.74) is 3.36. The summed E-state index contributed by atoms with van der Waals surface area (Å²) in [6.07, 6.45) is 2.85. The van der Waals surface area contributed by atoms with Crippen molar-refractivity contribution >= 4 is 28.8 Å². The topological polar surface area (TPSA) is 39.8 Å². The van der Waals surface area contributed by atoms with Crippen LogP contribution >= 0.6 is 11.6 Å². The quantitative estimate of drug-likeness (QED) is 0.694. The lowest BCUT2D eigenvalue weighted by Crippen LogP contribution is -2.06. The van der Waals surface area contributed by atoms with E-state index >= 15 is 0 Å². The average Bonchev–Trinajstić information content (AvgIpc) is 2.96. The first-order valence-corrected chi connectivity index (χ1v) is 6.70. The first-order valence-electron chi connectivity index (χ1n) is 6.33. The summed E-state index contributed by atoms with van der Waals surface area (Å²) in [6.45, 7) is 2.47. The fraction of sp³-hybridized carbons (Fsp3) is 0.200. The van der Waals surface area contributed by atoms with Crippen molar-refractivity contribution in [2.45, 2.75) is 13.5 Å². The first kappa shape index (κ1) is 12.9. The van der Waals surface area contributed by atoms with Crippen LogP contribution in [0.4, 0.5) is 0 Å². The van der Waals surface area contributed by atoms with E-state index < -0.39 is 0 Å². The fourth-order valence-corrected chi connectivity index (χ4v) is 2.75. The van der Waals surface area contributed by atoms with Crippen LogP contribution < -0.4 is 0 Å². The van der Waals surface area contributed by atoms with Crippen molar-refractivity contribution in [1.29, 1.82) is 0 Å². The third kappa shape index (κ3) is 1.93. The highest BCUT2D eigenvalue weighted by Gasteiger charge is 2.13. The van der Waals surface area contributed by atoms with E-state index in [0.29, 0.717) is 17.1 Å². The van der Waals surface area contributed by atoms with E-state index in [-0.39, 0.29) is 0 Å².